The molecule has 0 saturated heterocycles. The van der Waals surface area contributed by atoms with E-state index in [1.165, 1.54) is 19.4 Å². The number of carbonyl (C=O) groups is 3. The van der Waals surface area contributed by atoms with Crippen LogP contribution < -0.4 is 5.32 Å². The summed E-state index contributed by atoms with van der Waals surface area (Å²) in [5.41, 5.74) is 1.92. The summed E-state index contributed by atoms with van der Waals surface area (Å²) in [6.45, 7) is 22.7. The van der Waals surface area contributed by atoms with Crippen molar-refractivity contribution in [1.82, 2.24) is 5.32 Å². The molecule has 0 bridgehead atoms. The van der Waals surface area contributed by atoms with Gasteiger partial charge in [-0.2, -0.15) is 0 Å². The molecule has 0 aromatic heterocycles. The highest BCUT2D eigenvalue weighted by molar-refractivity contribution is 5.84. The predicted octanol–water partition coefficient (Wildman–Crippen LogP) is 8.82. The molecule has 4 fully saturated rings. The van der Waals surface area contributed by atoms with E-state index in [4.69, 9.17) is 9.47 Å². The van der Waals surface area contributed by atoms with E-state index in [0.717, 1.165) is 50.5 Å². The van der Waals surface area contributed by atoms with Crippen LogP contribution in [0, 0.1) is 56.2 Å². The van der Waals surface area contributed by atoms with E-state index in [2.05, 4.69) is 78.9 Å². The van der Waals surface area contributed by atoms with Gasteiger partial charge in [0.05, 0.1) is 5.41 Å². The molecule has 3 unspecified atom stereocenters. The molecule has 5 aliphatic rings. The summed E-state index contributed by atoms with van der Waals surface area (Å²) in [6.07, 6.45) is 9.33. The molecular weight excluding hydrogens is 598 g/mol. The number of benzene rings is 1. The van der Waals surface area contributed by atoms with Crippen molar-refractivity contribution in [2.24, 2.45) is 56.2 Å². The number of ether oxygens (including phenoxy) is 2. The molecular formula is C42H61NO5. The third-order valence-corrected chi connectivity index (χ3v) is 15.7. The minimum atomic E-state index is -0.477. The van der Waals surface area contributed by atoms with Crippen molar-refractivity contribution in [3.8, 4) is 0 Å². The quantitative estimate of drug-likeness (QED) is 0.252. The van der Waals surface area contributed by atoms with Crippen molar-refractivity contribution in [2.45, 2.75) is 139 Å². The Labute approximate surface area is 289 Å². The smallest absolute Gasteiger partial charge is 0.303 e. The minimum Gasteiger partial charge on any atom is -0.459 e. The molecule has 1 amide bonds. The van der Waals surface area contributed by atoms with Crippen LogP contribution in [0.3, 0.4) is 0 Å². The average Bonchev–Trinajstić information content (AvgIpc) is 3.00. The molecule has 5 aliphatic carbocycles. The van der Waals surface area contributed by atoms with Crippen LogP contribution in [0.2, 0.25) is 0 Å². The number of allylic oxidation sites excluding steroid dienone is 2. The maximum absolute atomic E-state index is 14.6. The molecule has 1 aromatic carbocycles. The Morgan fingerprint density at radius 3 is 2.12 bits per heavy atom. The fourth-order valence-electron chi connectivity index (χ4n) is 12.8. The lowest BCUT2D eigenvalue weighted by Gasteiger charge is -2.72. The molecule has 0 heterocycles. The van der Waals surface area contributed by atoms with Gasteiger partial charge in [-0.15, -0.1) is 0 Å². The molecule has 6 nitrogen and oxygen atoms in total. The zero-order valence-corrected chi connectivity index (χ0v) is 31.3. The van der Waals surface area contributed by atoms with Gasteiger partial charge in [-0.05, 0) is 102 Å². The molecule has 4 saturated carbocycles. The lowest BCUT2D eigenvalue weighted by Crippen LogP contribution is -2.68. The topological polar surface area (TPSA) is 81.7 Å². The highest BCUT2D eigenvalue weighted by atomic mass is 16.6. The predicted molar refractivity (Wildman–Crippen MR) is 188 cm³/mol. The first kappa shape index (κ1) is 35.2. The van der Waals surface area contributed by atoms with Crippen LogP contribution in [0.1, 0.15) is 126 Å². The number of esters is 2. The maximum atomic E-state index is 14.6. The van der Waals surface area contributed by atoms with Crippen LogP contribution in [0.25, 0.3) is 0 Å². The zero-order valence-electron chi connectivity index (χ0n) is 31.3. The van der Waals surface area contributed by atoms with E-state index in [1.807, 2.05) is 18.2 Å². The Balaban J connectivity index is 1.40. The number of carbonyl (C=O) groups excluding carboxylic acids is 3. The lowest BCUT2D eigenvalue weighted by atomic mass is 9.32. The lowest BCUT2D eigenvalue weighted by molar-refractivity contribution is -0.244. The van der Waals surface area contributed by atoms with Crippen molar-refractivity contribution in [3.05, 3.63) is 47.5 Å². The molecule has 10 atom stereocenters. The fraction of sp³-hybridized carbons (Fsp3) is 0.738. The van der Waals surface area contributed by atoms with E-state index >= 15 is 0 Å². The number of hydrogen-bond acceptors (Lipinski definition) is 5. The van der Waals surface area contributed by atoms with Gasteiger partial charge in [0.2, 0.25) is 5.91 Å². The summed E-state index contributed by atoms with van der Waals surface area (Å²) in [7, 11) is 0. The molecule has 264 valence electrons. The number of hydrogen-bond donors (Lipinski definition) is 1. The van der Waals surface area contributed by atoms with Gasteiger partial charge in [-0.25, -0.2) is 0 Å². The SMILES string of the molecule is CC(=O)O[C@@H]1C[C@@]2(C)C(CC[C@]3(C)C2CC=C2C4[C@H](C)C(C)(C)CC[C@]4(C(=O)NCc4ccccc4)CC[C@]23C)C(C)(C)[C@H]1OC(C)=O. The molecule has 0 radical (unpaired) electrons. The molecule has 6 rings (SSSR count). The Morgan fingerprint density at radius 1 is 0.833 bits per heavy atom. The van der Waals surface area contributed by atoms with E-state index in [-0.39, 0.29) is 50.8 Å². The number of amides is 1. The Kier molecular flexibility index (Phi) is 8.60. The van der Waals surface area contributed by atoms with Crippen molar-refractivity contribution < 1.29 is 23.9 Å². The molecule has 1 aromatic rings. The molecule has 0 aliphatic heterocycles. The Morgan fingerprint density at radius 2 is 1.48 bits per heavy atom. The van der Waals surface area contributed by atoms with E-state index in [1.54, 1.807) is 0 Å². The van der Waals surface area contributed by atoms with Crippen LogP contribution in [0.15, 0.2) is 42.0 Å². The van der Waals surface area contributed by atoms with Crippen LogP contribution in [0.5, 0.6) is 0 Å². The van der Waals surface area contributed by atoms with Crippen LogP contribution in [0.4, 0.5) is 0 Å². The molecule has 1 N–H and O–H groups in total. The summed E-state index contributed by atoms with van der Waals surface area (Å²) in [4.78, 5) is 39.3. The van der Waals surface area contributed by atoms with Gasteiger partial charge in [0.15, 0.2) is 0 Å². The number of nitrogens with one attached hydrogen (secondary N) is 1. The van der Waals surface area contributed by atoms with E-state index < -0.39 is 17.6 Å². The van der Waals surface area contributed by atoms with Gasteiger partial charge in [-0.1, -0.05) is 97.4 Å². The standard InChI is InChI=1S/C42H61NO5/c1-26-34-30-16-17-33-39(8)24-31(47-27(2)44)35(48-28(3)45)38(6,7)32(39)18-19-41(33,10)40(30,9)21-23-42(34,22-20-37(26,4)5)36(46)43-25-29-14-12-11-13-15-29/h11-16,26,31-35H,17-25H2,1-10H3,(H,43,46)/t26-,31+,32?,33?,34?,35-,39-,40+,41+,42-/m0/s1. The highest BCUT2D eigenvalue weighted by Crippen LogP contribution is 2.76. The molecule has 48 heavy (non-hydrogen) atoms. The van der Waals surface area contributed by atoms with E-state index in [0.29, 0.717) is 30.7 Å². The van der Waals surface area contributed by atoms with Gasteiger partial charge >= 0.3 is 11.9 Å². The van der Waals surface area contributed by atoms with E-state index in [9.17, 15) is 14.4 Å². The third-order valence-electron chi connectivity index (χ3n) is 15.7. The number of rotatable bonds is 5. The van der Waals surface area contributed by atoms with Gasteiger partial charge < -0.3 is 14.8 Å². The van der Waals surface area contributed by atoms with Crippen LogP contribution in [-0.4, -0.2) is 30.1 Å². The summed E-state index contributed by atoms with van der Waals surface area (Å²) in [5.74, 6) is 0.849. The molecule has 6 heteroatoms. The number of fused-ring (bicyclic) bond motifs is 7. The summed E-state index contributed by atoms with van der Waals surface area (Å²) in [5, 5.41) is 3.43. The largest absolute Gasteiger partial charge is 0.459 e. The zero-order chi connectivity index (χ0) is 35.1. The van der Waals surface area contributed by atoms with Crippen molar-refractivity contribution in [2.75, 3.05) is 0 Å². The van der Waals surface area contributed by atoms with Crippen molar-refractivity contribution in [1.29, 1.82) is 0 Å². The van der Waals surface area contributed by atoms with Gasteiger partial charge in [0.1, 0.15) is 12.2 Å². The average molecular weight is 660 g/mol. The fourth-order valence-corrected chi connectivity index (χ4v) is 12.8. The Hall–Kier alpha value is -2.63. The molecule has 0 spiro atoms. The minimum absolute atomic E-state index is 0.0153. The van der Waals surface area contributed by atoms with Gasteiger partial charge in [0.25, 0.3) is 0 Å². The Bertz CT molecular complexity index is 1480. The summed E-state index contributed by atoms with van der Waals surface area (Å²) in [6, 6.07) is 10.3. The highest BCUT2D eigenvalue weighted by Gasteiger charge is 2.71. The van der Waals surface area contributed by atoms with Crippen LogP contribution >= 0.6 is 0 Å². The maximum Gasteiger partial charge on any atom is 0.303 e. The van der Waals surface area contributed by atoms with Crippen molar-refractivity contribution in [3.63, 3.8) is 0 Å². The van der Waals surface area contributed by atoms with Gasteiger partial charge in [-0.3, -0.25) is 14.4 Å². The monoisotopic (exact) mass is 659 g/mol. The summed E-state index contributed by atoms with van der Waals surface area (Å²) < 4.78 is 12.0. The normalized spacial score (nSPS) is 42.4. The second-order valence-corrected chi connectivity index (χ2v) is 18.6. The third kappa shape index (κ3) is 5.12. The first-order valence-corrected chi connectivity index (χ1v) is 18.7. The second kappa shape index (κ2) is 11.7. The summed E-state index contributed by atoms with van der Waals surface area (Å²) >= 11 is 0. The van der Waals surface area contributed by atoms with Crippen LogP contribution in [-0.2, 0) is 30.4 Å². The van der Waals surface area contributed by atoms with Gasteiger partial charge in [0, 0.05) is 25.8 Å². The van der Waals surface area contributed by atoms with Crippen molar-refractivity contribution >= 4 is 17.8 Å². The second-order valence-electron chi connectivity index (χ2n) is 18.6. The first-order valence-electron chi connectivity index (χ1n) is 18.7. The first-order chi connectivity index (χ1) is 22.3.